The van der Waals surface area contributed by atoms with Crippen molar-refractivity contribution in [3.63, 3.8) is 0 Å². The number of likely N-dealkylation sites (tertiary alicyclic amines) is 1. The van der Waals surface area contributed by atoms with Gasteiger partial charge in [0.25, 0.3) is 0 Å². The first-order chi connectivity index (χ1) is 9.02. The SMILES string of the molecule is CN(C)C(=O)CC(CN)N1CCC2CCC(C1)N2C. The molecule has 110 valence electrons. The molecule has 0 radical (unpaired) electrons. The third kappa shape index (κ3) is 3.27. The van der Waals surface area contributed by atoms with Gasteiger partial charge in [-0.25, -0.2) is 0 Å². The molecule has 2 fully saturated rings. The van der Waals surface area contributed by atoms with Crippen LogP contribution in [0.15, 0.2) is 0 Å². The quantitative estimate of drug-likeness (QED) is 0.777. The number of carbonyl (C=O) groups is 1. The number of likely N-dealkylation sites (N-methyl/N-ethyl adjacent to an activating group) is 1. The Kier molecular flexibility index (Phi) is 4.81. The first kappa shape index (κ1) is 14.8. The second kappa shape index (κ2) is 6.20. The van der Waals surface area contributed by atoms with E-state index in [9.17, 15) is 4.79 Å². The van der Waals surface area contributed by atoms with Crippen LogP contribution in [0.2, 0.25) is 0 Å². The van der Waals surface area contributed by atoms with Gasteiger partial charge in [-0.15, -0.1) is 0 Å². The zero-order valence-corrected chi connectivity index (χ0v) is 12.5. The van der Waals surface area contributed by atoms with Gasteiger partial charge < -0.3 is 10.6 Å². The average Bonchev–Trinajstić information content (AvgIpc) is 2.60. The molecule has 0 aromatic carbocycles. The van der Waals surface area contributed by atoms with Crippen LogP contribution in [0.5, 0.6) is 0 Å². The number of nitrogens with zero attached hydrogens (tertiary/aromatic N) is 3. The average molecular weight is 268 g/mol. The molecular formula is C14H28N4O. The predicted octanol–water partition coefficient (Wildman–Crippen LogP) is -0.0395. The number of nitrogens with two attached hydrogens (primary N) is 1. The van der Waals surface area contributed by atoms with Gasteiger partial charge in [-0.1, -0.05) is 0 Å². The zero-order chi connectivity index (χ0) is 14.0. The minimum atomic E-state index is 0.179. The van der Waals surface area contributed by atoms with Crippen molar-refractivity contribution in [2.24, 2.45) is 5.73 Å². The highest BCUT2D eigenvalue weighted by molar-refractivity contribution is 5.76. The van der Waals surface area contributed by atoms with E-state index in [1.807, 2.05) is 14.1 Å². The lowest BCUT2D eigenvalue weighted by Gasteiger charge is -2.32. The summed E-state index contributed by atoms with van der Waals surface area (Å²) >= 11 is 0. The number of hydrogen-bond acceptors (Lipinski definition) is 4. The monoisotopic (exact) mass is 268 g/mol. The first-order valence-electron chi connectivity index (χ1n) is 7.39. The van der Waals surface area contributed by atoms with E-state index in [1.54, 1.807) is 4.90 Å². The third-order valence-corrected chi connectivity index (χ3v) is 4.88. The van der Waals surface area contributed by atoms with Crippen LogP contribution >= 0.6 is 0 Å². The molecule has 2 N–H and O–H groups in total. The molecule has 2 bridgehead atoms. The molecule has 2 rings (SSSR count). The summed E-state index contributed by atoms with van der Waals surface area (Å²) in [6, 6.07) is 1.58. The van der Waals surface area contributed by atoms with Crippen molar-refractivity contribution < 1.29 is 4.79 Å². The molecule has 3 unspecified atom stereocenters. The van der Waals surface area contributed by atoms with Gasteiger partial charge in [0.1, 0.15) is 0 Å². The Bertz CT molecular complexity index is 321. The van der Waals surface area contributed by atoms with Crippen molar-refractivity contribution in [3.8, 4) is 0 Å². The predicted molar refractivity (Wildman–Crippen MR) is 76.9 cm³/mol. The van der Waals surface area contributed by atoms with Gasteiger partial charge >= 0.3 is 0 Å². The van der Waals surface area contributed by atoms with Crippen LogP contribution in [-0.2, 0) is 4.79 Å². The maximum absolute atomic E-state index is 11.9. The molecule has 2 saturated heterocycles. The summed E-state index contributed by atoms with van der Waals surface area (Å²) in [6.45, 7) is 2.71. The van der Waals surface area contributed by atoms with Crippen molar-refractivity contribution >= 4 is 5.91 Å². The van der Waals surface area contributed by atoms with E-state index in [0.29, 0.717) is 19.0 Å². The van der Waals surface area contributed by atoms with Crippen LogP contribution in [0.25, 0.3) is 0 Å². The van der Waals surface area contributed by atoms with Crippen LogP contribution < -0.4 is 5.73 Å². The second-order valence-electron chi connectivity index (χ2n) is 6.22. The summed E-state index contributed by atoms with van der Waals surface area (Å²) < 4.78 is 0. The van der Waals surface area contributed by atoms with Gasteiger partial charge in [0.05, 0.1) is 0 Å². The van der Waals surface area contributed by atoms with Gasteiger partial charge in [-0.3, -0.25) is 14.6 Å². The molecule has 1 amide bonds. The van der Waals surface area contributed by atoms with E-state index in [1.165, 1.54) is 19.3 Å². The molecular weight excluding hydrogens is 240 g/mol. The van der Waals surface area contributed by atoms with Crippen LogP contribution in [0.3, 0.4) is 0 Å². The summed E-state index contributed by atoms with van der Waals surface area (Å²) in [5, 5.41) is 0. The minimum Gasteiger partial charge on any atom is -0.349 e. The number of hydrogen-bond donors (Lipinski definition) is 1. The summed E-state index contributed by atoms with van der Waals surface area (Å²) in [5.74, 6) is 0.179. The molecule has 2 heterocycles. The van der Waals surface area contributed by atoms with Crippen molar-refractivity contribution in [2.45, 2.75) is 43.8 Å². The first-order valence-corrected chi connectivity index (χ1v) is 7.39. The summed E-state index contributed by atoms with van der Waals surface area (Å²) in [5.41, 5.74) is 5.91. The highest BCUT2D eigenvalue weighted by Gasteiger charge is 2.36. The van der Waals surface area contributed by atoms with Gasteiger partial charge in [-0.2, -0.15) is 0 Å². The number of rotatable bonds is 4. The van der Waals surface area contributed by atoms with E-state index in [-0.39, 0.29) is 11.9 Å². The smallest absolute Gasteiger partial charge is 0.223 e. The fourth-order valence-corrected chi connectivity index (χ4v) is 3.41. The van der Waals surface area contributed by atoms with Crippen molar-refractivity contribution in [2.75, 3.05) is 40.8 Å². The van der Waals surface area contributed by atoms with Gasteiger partial charge in [-0.05, 0) is 26.3 Å². The zero-order valence-electron chi connectivity index (χ0n) is 12.5. The van der Waals surface area contributed by atoms with Crippen molar-refractivity contribution in [1.29, 1.82) is 0 Å². The highest BCUT2D eigenvalue weighted by atomic mass is 16.2. The number of amides is 1. The number of fused-ring (bicyclic) bond motifs is 2. The molecule has 2 aliphatic heterocycles. The van der Waals surface area contributed by atoms with E-state index >= 15 is 0 Å². The Balaban J connectivity index is 1.97. The Morgan fingerprint density at radius 2 is 2.00 bits per heavy atom. The third-order valence-electron chi connectivity index (χ3n) is 4.88. The normalized spacial score (nSPS) is 30.1. The molecule has 3 atom stereocenters. The van der Waals surface area contributed by atoms with Crippen molar-refractivity contribution in [3.05, 3.63) is 0 Å². The molecule has 19 heavy (non-hydrogen) atoms. The lowest BCUT2D eigenvalue weighted by atomic mass is 10.0. The molecule has 5 heteroatoms. The summed E-state index contributed by atoms with van der Waals surface area (Å²) in [7, 11) is 5.87. The summed E-state index contributed by atoms with van der Waals surface area (Å²) in [6.07, 6.45) is 4.37. The molecule has 2 aliphatic rings. The maximum Gasteiger partial charge on any atom is 0.223 e. The molecule has 0 saturated carbocycles. The minimum absolute atomic E-state index is 0.179. The number of carbonyl (C=O) groups excluding carboxylic acids is 1. The van der Waals surface area contributed by atoms with Gasteiger partial charge in [0.15, 0.2) is 0 Å². The Labute approximate surface area is 116 Å². The van der Waals surface area contributed by atoms with Gasteiger partial charge in [0.2, 0.25) is 5.91 Å². The lowest BCUT2D eigenvalue weighted by molar-refractivity contribution is -0.130. The molecule has 0 spiro atoms. The molecule has 0 aromatic rings. The van der Waals surface area contributed by atoms with Crippen LogP contribution in [0, 0.1) is 0 Å². The van der Waals surface area contributed by atoms with E-state index in [2.05, 4.69) is 16.8 Å². The molecule has 5 nitrogen and oxygen atoms in total. The van der Waals surface area contributed by atoms with Crippen LogP contribution in [0.4, 0.5) is 0 Å². The van der Waals surface area contributed by atoms with Crippen LogP contribution in [0.1, 0.15) is 25.7 Å². The fraction of sp³-hybridized carbons (Fsp3) is 0.929. The standard InChI is InChI=1S/C14H28N4O/c1-16(2)14(19)8-13(9-15)18-7-6-11-4-5-12(10-18)17(11)3/h11-13H,4-10,15H2,1-3H3. The lowest BCUT2D eigenvalue weighted by Crippen LogP contribution is -2.47. The Morgan fingerprint density at radius 3 is 2.63 bits per heavy atom. The fourth-order valence-electron chi connectivity index (χ4n) is 3.41. The Morgan fingerprint density at radius 1 is 1.32 bits per heavy atom. The van der Waals surface area contributed by atoms with Crippen LogP contribution in [-0.4, -0.2) is 79.5 Å². The molecule has 0 aliphatic carbocycles. The van der Waals surface area contributed by atoms with E-state index < -0.39 is 0 Å². The van der Waals surface area contributed by atoms with Crippen molar-refractivity contribution in [1.82, 2.24) is 14.7 Å². The highest BCUT2D eigenvalue weighted by Crippen LogP contribution is 2.29. The maximum atomic E-state index is 11.9. The van der Waals surface area contributed by atoms with Gasteiger partial charge in [0, 0.05) is 58.3 Å². The Hall–Kier alpha value is -0.650. The molecule has 0 aromatic heterocycles. The van der Waals surface area contributed by atoms with E-state index in [0.717, 1.165) is 19.1 Å². The topological polar surface area (TPSA) is 52.8 Å². The second-order valence-corrected chi connectivity index (χ2v) is 6.22. The van der Waals surface area contributed by atoms with E-state index in [4.69, 9.17) is 5.73 Å². The largest absolute Gasteiger partial charge is 0.349 e. The summed E-state index contributed by atoms with van der Waals surface area (Å²) in [4.78, 5) is 18.5.